The van der Waals surface area contributed by atoms with E-state index in [-0.39, 0.29) is 23.8 Å². The molecule has 2 amide bonds. The lowest BCUT2D eigenvalue weighted by molar-refractivity contribution is -0.140. The maximum Gasteiger partial charge on any atom is 0.264 e. The second-order valence-electron chi connectivity index (χ2n) is 10.4. The highest BCUT2D eigenvalue weighted by atomic mass is 35.5. The number of likely N-dealkylation sites (N-methyl/N-ethyl adjacent to an activating group) is 1. The van der Waals surface area contributed by atoms with Crippen molar-refractivity contribution in [1.29, 1.82) is 0 Å². The highest BCUT2D eigenvalue weighted by molar-refractivity contribution is 7.98. The lowest BCUT2D eigenvalue weighted by atomic mass is 10.0. The van der Waals surface area contributed by atoms with Gasteiger partial charge in [-0.25, -0.2) is 8.42 Å². The molecule has 0 fully saturated rings. The zero-order chi connectivity index (χ0) is 32.6. The van der Waals surface area contributed by atoms with Crippen molar-refractivity contribution < 1.29 is 18.0 Å². The smallest absolute Gasteiger partial charge is 0.264 e. The number of carbonyl (C=O) groups is 2. The molecule has 0 aliphatic heterocycles. The first-order valence-corrected chi connectivity index (χ1v) is 17.7. The van der Waals surface area contributed by atoms with E-state index in [4.69, 9.17) is 23.2 Å². The number of thioether (sulfide) groups is 1. The number of sulfonamides is 1. The Hall–Kier alpha value is -3.50. The first-order valence-electron chi connectivity index (χ1n) is 14.3. The number of anilines is 1. The summed E-state index contributed by atoms with van der Waals surface area (Å²) in [7, 11) is -4.18. The van der Waals surface area contributed by atoms with E-state index in [1.165, 1.54) is 28.8 Å². The van der Waals surface area contributed by atoms with Gasteiger partial charge in [0.2, 0.25) is 11.8 Å². The average Bonchev–Trinajstić information content (AvgIpc) is 3.04. The number of carbonyl (C=O) groups excluding carboxylic acids is 2. The summed E-state index contributed by atoms with van der Waals surface area (Å²) in [6.07, 6.45) is 2.12. The van der Waals surface area contributed by atoms with E-state index in [2.05, 4.69) is 5.32 Å². The molecule has 11 heteroatoms. The van der Waals surface area contributed by atoms with E-state index in [0.717, 1.165) is 20.3 Å². The number of halogens is 2. The Balaban J connectivity index is 1.80. The van der Waals surface area contributed by atoms with E-state index < -0.39 is 28.5 Å². The molecular formula is C34H35Cl2N3O4S2. The third kappa shape index (κ3) is 8.82. The van der Waals surface area contributed by atoms with Gasteiger partial charge in [0.1, 0.15) is 12.6 Å². The third-order valence-electron chi connectivity index (χ3n) is 7.21. The van der Waals surface area contributed by atoms with Crippen LogP contribution in [0.1, 0.15) is 23.6 Å². The minimum Gasteiger partial charge on any atom is -0.355 e. The van der Waals surface area contributed by atoms with Gasteiger partial charge < -0.3 is 10.2 Å². The van der Waals surface area contributed by atoms with Crippen molar-refractivity contribution in [2.45, 2.75) is 42.6 Å². The Labute approximate surface area is 279 Å². The van der Waals surface area contributed by atoms with E-state index >= 15 is 0 Å². The van der Waals surface area contributed by atoms with Crippen LogP contribution in [0.4, 0.5) is 5.69 Å². The first kappa shape index (κ1) is 34.4. The molecule has 0 heterocycles. The van der Waals surface area contributed by atoms with E-state index in [1.54, 1.807) is 61.5 Å². The van der Waals surface area contributed by atoms with Crippen molar-refractivity contribution in [1.82, 2.24) is 10.2 Å². The Morgan fingerprint density at radius 3 is 2.13 bits per heavy atom. The molecule has 4 aromatic carbocycles. The van der Waals surface area contributed by atoms with Gasteiger partial charge in [-0.05, 0) is 79.8 Å². The number of hydrogen-bond donors (Lipinski definition) is 1. The summed E-state index contributed by atoms with van der Waals surface area (Å²) < 4.78 is 29.4. The molecule has 0 aliphatic carbocycles. The number of amides is 2. The van der Waals surface area contributed by atoms with Gasteiger partial charge in [0.05, 0.1) is 20.6 Å². The molecule has 1 atom stereocenters. The fourth-order valence-electron chi connectivity index (χ4n) is 4.80. The molecule has 7 nitrogen and oxygen atoms in total. The highest BCUT2D eigenvalue weighted by Crippen LogP contribution is 2.28. The predicted octanol–water partition coefficient (Wildman–Crippen LogP) is 7.00. The minimum absolute atomic E-state index is 0.00539. The second-order valence-corrected chi connectivity index (χ2v) is 13.9. The van der Waals surface area contributed by atoms with Crippen LogP contribution in [-0.2, 0) is 32.6 Å². The second kappa shape index (κ2) is 15.7. The Bertz CT molecular complexity index is 1720. The Kier molecular flexibility index (Phi) is 12.0. The van der Waals surface area contributed by atoms with Crippen molar-refractivity contribution in [3.05, 3.63) is 124 Å². The molecule has 4 aromatic rings. The Morgan fingerprint density at radius 1 is 0.867 bits per heavy atom. The molecule has 45 heavy (non-hydrogen) atoms. The van der Waals surface area contributed by atoms with Gasteiger partial charge in [-0.3, -0.25) is 13.9 Å². The minimum atomic E-state index is -4.18. The lowest BCUT2D eigenvalue weighted by Gasteiger charge is -2.34. The van der Waals surface area contributed by atoms with Crippen LogP contribution in [0.15, 0.2) is 107 Å². The number of aryl methyl sites for hydroxylation is 1. The summed E-state index contributed by atoms with van der Waals surface area (Å²) in [4.78, 5) is 30.4. The molecule has 4 rings (SSSR count). The quantitative estimate of drug-likeness (QED) is 0.154. The standard InChI is InChI=1S/C34H35Cl2N3O4S2/c1-4-37-34(41)32(21-25-8-6-5-7-9-25)38(22-26-12-19-30(35)31(36)20-26)33(40)23-39(27-13-10-24(2)11-14-27)45(42,43)29-17-15-28(44-3)16-18-29/h5-20,32H,4,21-23H2,1-3H3,(H,37,41)/t32-/m0/s1. The summed E-state index contributed by atoms with van der Waals surface area (Å²) in [5.74, 6) is -0.912. The van der Waals surface area contributed by atoms with Crippen molar-refractivity contribution in [3.8, 4) is 0 Å². The number of hydrogen-bond acceptors (Lipinski definition) is 5. The SMILES string of the molecule is CCNC(=O)[C@H](Cc1ccccc1)N(Cc1ccc(Cl)c(Cl)c1)C(=O)CN(c1ccc(C)cc1)S(=O)(=O)c1ccc(SC)cc1. The van der Waals surface area contributed by atoms with Crippen molar-refractivity contribution in [2.75, 3.05) is 23.7 Å². The summed E-state index contributed by atoms with van der Waals surface area (Å²) in [6, 6.07) is 26.9. The van der Waals surface area contributed by atoms with E-state index in [1.807, 2.05) is 43.5 Å². The molecule has 1 N–H and O–H groups in total. The fourth-order valence-corrected chi connectivity index (χ4v) is 6.94. The molecule has 0 spiro atoms. The maximum atomic E-state index is 14.4. The fraction of sp³-hybridized carbons (Fsp3) is 0.235. The van der Waals surface area contributed by atoms with Gasteiger partial charge in [-0.1, -0.05) is 77.3 Å². The normalized spacial score (nSPS) is 11.9. The number of nitrogens with one attached hydrogen (secondary N) is 1. The average molecular weight is 685 g/mol. The van der Waals surface area contributed by atoms with Gasteiger partial charge in [0.25, 0.3) is 10.0 Å². The van der Waals surface area contributed by atoms with E-state index in [0.29, 0.717) is 27.8 Å². The van der Waals surface area contributed by atoms with Crippen LogP contribution in [0.2, 0.25) is 10.0 Å². The topological polar surface area (TPSA) is 86.8 Å². The summed E-state index contributed by atoms with van der Waals surface area (Å²) in [6.45, 7) is 3.51. The van der Waals surface area contributed by atoms with Crippen molar-refractivity contribution >= 4 is 62.5 Å². The van der Waals surface area contributed by atoms with Crippen molar-refractivity contribution in [2.24, 2.45) is 0 Å². The molecular weight excluding hydrogens is 649 g/mol. The third-order valence-corrected chi connectivity index (χ3v) is 10.5. The summed E-state index contributed by atoms with van der Waals surface area (Å²) >= 11 is 14.0. The van der Waals surface area contributed by atoms with Gasteiger partial charge in [0.15, 0.2) is 0 Å². The zero-order valence-electron chi connectivity index (χ0n) is 25.2. The number of benzene rings is 4. The van der Waals surface area contributed by atoms with Gasteiger partial charge in [0, 0.05) is 24.4 Å². The highest BCUT2D eigenvalue weighted by Gasteiger charge is 2.34. The number of nitrogens with zero attached hydrogens (tertiary/aromatic N) is 2. The molecule has 0 unspecified atom stereocenters. The summed E-state index contributed by atoms with van der Waals surface area (Å²) in [5.41, 5.74) is 2.75. The van der Waals surface area contributed by atoms with Crippen LogP contribution in [0.3, 0.4) is 0 Å². The van der Waals surface area contributed by atoms with Crippen LogP contribution in [0.25, 0.3) is 0 Å². The van der Waals surface area contributed by atoms with Crippen LogP contribution < -0.4 is 9.62 Å². The van der Waals surface area contributed by atoms with Crippen LogP contribution in [0.5, 0.6) is 0 Å². The largest absolute Gasteiger partial charge is 0.355 e. The molecule has 0 radical (unpaired) electrons. The molecule has 0 bridgehead atoms. The van der Waals surface area contributed by atoms with Gasteiger partial charge in [-0.15, -0.1) is 11.8 Å². The van der Waals surface area contributed by atoms with Crippen LogP contribution in [-0.4, -0.2) is 50.5 Å². The molecule has 0 aliphatic rings. The Morgan fingerprint density at radius 2 is 1.53 bits per heavy atom. The summed E-state index contributed by atoms with van der Waals surface area (Å²) in [5, 5.41) is 3.51. The lowest BCUT2D eigenvalue weighted by Crippen LogP contribution is -2.53. The molecule has 0 saturated carbocycles. The molecule has 0 aromatic heterocycles. The van der Waals surface area contributed by atoms with Crippen molar-refractivity contribution in [3.63, 3.8) is 0 Å². The maximum absolute atomic E-state index is 14.4. The monoisotopic (exact) mass is 683 g/mol. The van der Waals surface area contributed by atoms with Gasteiger partial charge >= 0.3 is 0 Å². The molecule has 0 saturated heterocycles. The van der Waals surface area contributed by atoms with Gasteiger partial charge in [-0.2, -0.15) is 0 Å². The van der Waals surface area contributed by atoms with Crippen LogP contribution in [0, 0.1) is 6.92 Å². The van der Waals surface area contributed by atoms with E-state index in [9.17, 15) is 18.0 Å². The number of rotatable bonds is 13. The first-order chi connectivity index (χ1) is 21.5. The molecule has 236 valence electrons. The predicted molar refractivity (Wildman–Crippen MR) is 184 cm³/mol. The zero-order valence-corrected chi connectivity index (χ0v) is 28.4. The van der Waals surface area contributed by atoms with Crippen LogP contribution >= 0.6 is 35.0 Å².